The summed E-state index contributed by atoms with van der Waals surface area (Å²) in [6.07, 6.45) is 3.66. The molecule has 0 saturated heterocycles. The molecule has 0 spiro atoms. The predicted octanol–water partition coefficient (Wildman–Crippen LogP) is 2.51. The van der Waals surface area contributed by atoms with Crippen LogP contribution in [-0.2, 0) is 13.6 Å². The van der Waals surface area contributed by atoms with E-state index in [2.05, 4.69) is 9.97 Å². The standard InChI is InChI=1S/C15H15N5O2/c1-18-8-7-16-15(18)10-19(2)14-6-3-11-9-12(20(21)22)4-5-13(11)17-14/h3-9H,10H2,1-2H3. The number of fused-ring (bicyclic) bond motifs is 1. The molecule has 2 aromatic heterocycles. The zero-order valence-corrected chi connectivity index (χ0v) is 12.3. The lowest BCUT2D eigenvalue weighted by Gasteiger charge is -2.18. The van der Waals surface area contributed by atoms with E-state index in [9.17, 15) is 10.1 Å². The molecule has 0 N–H and O–H groups in total. The zero-order valence-electron chi connectivity index (χ0n) is 12.3. The first kappa shape index (κ1) is 14.0. The third-order valence-electron chi connectivity index (χ3n) is 3.56. The summed E-state index contributed by atoms with van der Waals surface area (Å²) in [5, 5.41) is 11.6. The number of hydrogen-bond donors (Lipinski definition) is 0. The van der Waals surface area contributed by atoms with Crippen molar-refractivity contribution in [2.45, 2.75) is 6.54 Å². The van der Waals surface area contributed by atoms with E-state index in [4.69, 9.17) is 0 Å². The maximum absolute atomic E-state index is 10.8. The highest BCUT2D eigenvalue weighted by atomic mass is 16.6. The Morgan fingerprint density at radius 3 is 2.82 bits per heavy atom. The molecule has 0 atom stereocenters. The number of rotatable bonds is 4. The minimum atomic E-state index is -0.402. The summed E-state index contributed by atoms with van der Waals surface area (Å²) >= 11 is 0. The van der Waals surface area contributed by atoms with E-state index < -0.39 is 4.92 Å². The summed E-state index contributed by atoms with van der Waals surface area (Å²) in [5.41, 5.74) is 0.804. The molecule has 0 amide bonds. The Morgan fingerprint density at radius 2 is 2.14 bits per heavy atom. The number of pyridine rings is 1. The van der Waals surface area contributed by atoms with Crippen molar-refractivity contribution in [3.8, 4) is 0 Å². The Balaban J connectivity index is 1.90. The lowest BCUT2D eigenvalue weighted by Crippen LogP contribution is -2.20. The van der Waals surface area contributed by atoms with Crippen LogP contribution in [-0.4, -0.2) is 26.5 Å². The van der Waals surface area contributed by atoms with E-state index in [1.54, 1.807) is 12.3 Å². The molecule has 0 aliphatic heterocycles. The number of imidazole rings is 1. The van der Waals surface area contributed by atoms with E-state index in [0.717, 1.165) is 22.5 Å². The molecular weight excluding hydrogens is 282 g/mol. The number of hydrogen-bond acceptors (Lipinski definition) is 5. The summed E-state index contributed by atoms with van der Waals surface area (Å²) in [5.74, 6) is 1.73. The van der Waals surface area contributed by atoms with Crippen molar-refractivity contribution in [1.29, 1.82) is 0 Å². The number of aryl methyl sites for hydroxylation is 1. The highest BCUT2D eigenvalue weighted by molar-refractivity contribution is 5.82. The van der Waals surface area contributed by atoms with E-state index >= 15 is 0 Å². The molecule has 1 aromatic carbocycles. The second kappa shape index (κ2) is 5.44. The first-order valence-electron chi connectivity index (χ1n) is 6.77. The number of nitro benzene ring substituents is 1. The van der Waals surface area contributed by atoms with Crippen molar-refractivity contribution in [2.75, 3.05) is 11.9 Å². The van der Waals surface area contributed by atoms with Crippen molar-refractivity contribution in [1.82, 2.24) is 14.5 Å². The largest absolute Gasteiger partial charge is 0.352 e. The average molecular weight is 297 g/mol. The molecule has 0 aliphatic rings. The summed E-state index contributed by atoms with van der Waals surface area (Å²) in [7, 11) is 3.89. The van der Waals surface area contributed by atoms with Gasteiger partial charge in [-0.2, -0.15) is 0 Å². The third-order valence-corrected chi connectivity index (χ3v) is 3.56. The van der Waals surface area contributed by atoms with E-state index in [-0.39, 0.29) is 5.69 Å². The van der Waals surface area contributed by atoms with Crippen molar-refractivity contribution < 1.29 is 4.92 Å². The van der Waals surface area contributed by atoms with Crippen LogP contribution in [0.2, 0.25) is 0 Å². The van der Waals surface area contributed by atoms with E-state index in [1.165, 1.54) is 12.1 Å². The minimum absolute atomic E-state index is 0.0726. The Bertz CT molecular complexity index is 843. The van der Waals surface area contributed by atoms with Crippen LogP contribution in [0.25, 0.3) is 10.9 Å². The molecule has 22 heavy (non-hydrogen) atoms. The normalized spacial score (nSPS) is 10.8. The molecule has 2 heterocycles. The Kier molecular flexibility index (Phi) is 3.46. The second-order valence-corrected chi connectivity index (χ2v) is 5.11. The maximum atomic E-state index is 10.8. The minimum Gasteiger partial charge on any atom is -0.352 e. The van der Waals surface area contributed by atoms with Crippen molar-refractivity contribution >= 4 is 22.4 Å². The quantitative estimate of drug-likeness (QED) is 0.546. The molecule has 7 heteroatoms. The molecule has 0 radical (unpaired) electrons. The lowest BCUT2D eigenvalue weighted by atomic mass is 10.2. The molecule has 0 unspecified atom stereocenters. The molecule has 3 rings (SSSR count). The molecule has 0 bridgehead atoms. The summed E-state index contributed by atoms with van der Waals surface area (Å²) in [6, 6.07) is 8.38. The number of nitrogens with zero attached hydrogens (tertiary/aromatic N) is 5. The monoisotopic (exact) mass is 297 g/mol. The summed E-state index contributed by atoms with van der Waals surface area (Å²) in [4.78, 5) is 21.2. The fourth-order valence-corrected chi connectivity index (χ4v) is 2.27. The molecule has 0 saturated carbocycles. The van der Waals surface area contributed by atoms with Crippen LogP contribution in [0.15, 0.2) is 42.7 Å². The maximum Gasteiger partial charge on any atom is 0.270 e. The topological polar surface area (TPSA) is 77.1 Å². The zero-order chi connectivity index (χ0) is 15.7. The van der Waals surface area contributed by atoms with Gasteiger partial charge < -0.3 is 9.47 Å². The van der Waals surface area contributed by atoms with Gasteiger partial charge in [-0.1, -0.05) is 0 Å². The number of aromatic nitrogens is 3. The molecule has 0 fully saturated rings. The Hall–Kier alpha value is -2.96. The van der Waals surface area contributed by atoms with Gasteiger partial charge in [-0.25, -0.2) is 9.97 Å². The van der Waals surface area contributed by atoms with Gasteiger partial charge in [-0.3, -0.25) is 10.1 Å². The molecule has 112 valence electrons. The van der Waals surface area contributed by atoms with Crippen LogP contribution in [0, 0.1) is 10.1 Å². The van der Waals surface area contributed by atoms with Gasteiger partial charge in [-0.05, 0) is 18.2 Å². The van der Waals surface area contributed by atoms with Crippen LogP contribution < -0.4 is 4.90 Å². The Labute approximate surface area is 127 Å². The number of anilines is 1. The van der Waals surface area contributed by atoms with Gasteiger partial charge in [0.05, 0.1) is 17.0 Å². The van der Waals surface area contributed by atoms with Gasteiger partial charge in [0.15, 0.2) is 0 Å². The van der Waals surface area contributed by atoms with E-state index in [1.807, 2.05) is 41.9 Å². The first-order valence-corrected chi connectivity index (χ1v) is 6.77. The van der Waals surface area contributed by atoms with Crippen LogP contribution >= 0.6 is 0 Å². The van der Waals surface area contributed by atoms with Gasteiger partial charge in [0.2, 0.25) is 0 Å². The van der Waals surface area contributed by atoms with Gasteiger partial charge in [0.1, 0.15) is 11.6 Å². The second-order valence-electron chi connectivity index (χ2n) is 5.11. The van der Waals surface area contributed by atoms with E-state index in [0.29, 0.717) is 6.54 Å². The number of nitro groups is 1. The van der Waals surface area contributed by atoms with Crippen molar-refractivity contribution in [3.63, 3.8) is 0 Å². The highest BCUT2D eigenvalue weighted by Gasteiger charge is 2.10. The van der Waals surface area contributed by atoms with Crippen LogP contribution in [0.3, 0.4) is 0 Å². The summed E-state index contributed by atoms with van der Waals surface area (Å²) in [6.45, 7) is 0.634. The number of benzene rings is 1. The van der Waals surface area contributed by atoms with Crippen LogP contribution in [0.5, 0.6) is 0 Å². The predicted molar refractivity (Wildman–Crippen MR) is 83.7 cm³/mol. The van der Waals surface area contributed by atoms with Gasteiger partial charge in [0.25, 0.3) is 5.69 Å². The van der Waals surface area contributed by atoms with Crippen LogP contribution in [0.4, 0.5) is 11.5 Å². The molecule has 3 aromatic rings. The molecule has 7 nitrogen and oxygen atoms in total. The fraction of sp³-hybridized carbons (Fsp3) is 0.200. The van der Waals surface area contributed by atoms with Crippen molar-refractivity contribution in [2.24, 2.45) is 7.05 Å². The Morgan fingerprint density at radius 1 is 1.32 bits per heavy atom. The SMILES string of the molecule is CN(Cc1nccn1C)c1ccc2cc([N+](=O)[O-])ccc2n1. The van der Waals surface area contributed by atoms with Crippen molar-refractivity contribution in [3.05, 3.63) is 58.7 Å². The highest BCUT2D eigenvalue weighted by Crippen LogP contribution is 2.22. The fourth-order valence-electron chi connectivity index (χ4n) is 2.27. The first-order chi connectivity index (χ1) is 10.5. The molecule has 0 aliphatic carbocycles. The molecular formula is C15H15N5O2. The van der Waals surface area contributed by atoms with Crippen LogP contribution in [0.1, 0.15) is 5.82 Å². The number of non-ortho nitro benzene ring substituents is 1. The lowest BCUT2D eigenvalue weighted by molar-refractivity contribution is -0.384. The smallest absolute Gasteiger partial charge is 0.270 e. The van der Waals surface area contributed by atoms with Gasteiger partial charge in [0, 0.05) is 44.0 Å². The average Bonchev–Trinajstić information content (AvgIpc) is 2.91. The van der Waals surface area contributed by atoms with Gasteiger partial charge >= 0.3 is 0 Å². The third kappa shape index (κ3) is 2.60. The van der Waals surface area contributed by atoms with Gasteiger partial charge in [-0.15, -0.1) is 0 Å². The summed E-state index contributed by atoms with van der Waals surface area (Å²) < 4.78 is 1.96.